The van der Waals surface area contributed by atoms with Gasteiger partial charge in [-0.25, -0.2) is 4.79 Å². The van der Waals surface area contributed by atoms with E-state index in [4.69, 9.17) is 20.6 Å². The van der Waals surface area contributed by atoms with Crippen LogP contribution in [0.25, 0.3) is 0 Å². The van der Waals surface area contributed by atoms with Gasteiger partial charge in [0.1, 0.15) is 12.4 Å². The van der Waals surface area contributed by atoms with Crippen molar-refractivity contribution in [1.82, 2.24) is 15.5 Å². The molecule has 0 spiro atoms. The Hall–Kier alpha value is -3.34. The lowest BCUT2D eigenvalue weighted by molar-refractivity contribution is 0.0730. The minimum absolute atomic E-state index is 0.0301. The van der Waals surface area contributed by atoms with Crippen LogP contribution in [0.5, 0.6) is 5.75 Å². The van der Waals surface area contributed by atoms with Gasteiger partial charge in [-0.1, -0.05) is 12.1 Å². The van der Waals surface area contributed by atoms with Crippen molar-refractivity contribution in [1.29, 1.82) is 5.41 Å². The number of rotatable bonds is 7. The molecule has 0 fully saturated rings. The molecule has 2 amide bonds. The second-order valence-corrected chi connectivity index (χ2v) is 5.36. The molecule has 1 rings (SSSR count). The summed E-state index contributed by atoms with van der Waals surface area (Å²) < 4.78 is 10.0. The number of amides is 2. The molecule has 1 aromatic carbocycles. The number of hydrogen-bond acceptors (Lipinski definition) is 6. The molecule has 0 atom stereocenters. The third-order valence-corrected chi connectivity index (χ3v) is 3.02. The van der Waals surface area contributed by atoms with E-state index in [0.29, 0.717) is 0 Å². The number of carbonyl (C=O) groups is 2. The molecule has 1 aromatic rings. The Morgan fingerprint density at radius 1 is 1.26 bits per heavy atom. The number of guanidine groups is 2. The molecule has 0 aromatic heterocycles. The summed E-state index contributed by atoms with van der Waals surface area (Å²) in [4.78, 5) is 28.3. The monoisotopic (exact) mass is 380 g/mol. The largest absolute Gasteiger partial charge is 0.507 e. The highest BCUT2D eigenvalue weighted by Crippen LogP contribution is 2.14. The summed E-state index contributed by atoms with van der Waals surface area (Å²) in [5.41, 5.74) is 5.63. The summed E-state index contributed by atoms with van der Waals surface area (Å²) in [6.07, 6.45) is -0.820. The number of benzene rings is 1. The zero-order valence-corrected chi connectivity index (χ0v) is 15.2. The Balaban J connectivity index is 2.13. The van der Waals surface area contributed by atoms with Gasteiger partial charge in [-0.15, -0.1) is 0 Å². The van der Waals surface area contributed by atoms with Gasteiger partial charge in [-0.2, -0.15) is 4.99 Å². The van der Waals surface area contributed by atoms with Gasteiger partial charge >= 0.3 is 6.09 Å². The predicted octanol–water partition coefficient (Wildman–Crippen LogP) is -0.324. The van der Waals surface area contributed by atoms with Crippen LogP contribution in [0.3, 0.4) is 0 Å². The average Bonchev–Trinajstić information content (AvgIpc) is 2.60. The predicted molar refractivity (Wildman–Crippen MR) is 98.8 cm³/mol. The van der Waals surface area contributed by atoms with E-state index in [0.717, 1.165) is 0 Å². The van der Waals surface area contributed by atoms with Gasteiger partial charge in [0.25, 0.3) is 5.91 Å². The Morgan fingerprint density at radius 2 is 1.96 bits per heavy atom. The molecule has 0 heterocycles. The van der Waals surface area contributed by atoms with Crippen LogP contribution >= 0.6 is 0 Å². The minimum Gasteiger partial charge on any atom is -0.507 e. The zero-order valence-electron chi connectivity index (χ0n) is 15.2. The number of phenols is 1. The summed E-state index contributed by atoms with van der Waals surface area (Å²) in [6, 6.07) is 6.20. The first-order chi connectivity index (χ1) is 12.8. The standard InChI is InChI=1S/C16H24N6O5/c1-22(2)15(18)20-14(17)21-16(25)27-10-9-26-8-7-19-13(24)11-5-3-4-6-12(11)23/h3-6,23H,7-10H2,1-2H3,(H,19,24)(H4,17,18,20,21,25). The van der Waals surface area contributed by atoms with Crippen molar-refractivity contribution in [3.63, 3.8) is 0 Å². The maximum atomic E-state index is 11.8. The van der Waals surface area contributed by atoms with Crippen molar-refractivity contribution in [3.8, 4) is 5.75 Å². The molecule has 0 aliphatic heterocycles. The van der Waals surface area contributed by atoms with Crippen LogP contribution in [0, 0.1) is 5.41 Å². The number of phenolic OH excluding ortho intramolecular Hbond substituents is 1. The topological polar surface area (TPSA) is 162 Å². The first-order valence-electron chi connectivity index (χ1n) is 7.99. The quantitative estimate of drug-likeness (QED) is 0.246. The summed E-state index contributed by atoms with van der Waals surface area (Å²) in [5.74, 6) is -0.891. The number of carbonyl (C=O) groups excluding carboxylic acids is 2. The average molecular weight is 380 g/mol. The first-order valence-corrected chi connectivity index (χ1v) is 7.99. The normalized spacial score (nSPS) is 10.8. The van der Waals surface area contributed by atoms with E-state index in [1.54, 1.807) is 26.2 Å². The molecule has 0 saturated carbocycles. The third-order valence-electron chi connectivity index (χ3n) is 3.02. The van der Waals surface area contributed by atoms with Gasteiger partial charge in [0.05, 0.1) is 18.8 Å². The Bertz CT molecular complexity index is 692. The highest BCUT2D eigenvalue weighted by Gasteiger charge is 2.09. The molecular weight excluding hydrogens is 356 g/mol. The molecular formula is C16H24N6O5. The number of hydrogen-bond donors (Lipinski definition) is 5. The van der Waals surface area contributed by atoms with E-state index in [1.165, 1.54) is 17.0 Å². The number of nitrogens with two attached hydrogens (primary N) is 1. The van der Waals surface area contributed by atoms with Crippen molar-refractivity contribution < 1.29 is 24.2 Å². The Kier molecular flexibility index (Phi) is 9.09. The fourth-order valence-corrected chi connectivity index (χ4v) is 1.68. The molecule has 0 bridgehead atoms. The van der Waals surface area contributed by atoms with E-state index < -0.39 is 12.0 Å². The molecule has 0 aliphatic rings. The number of ether oxygens (including phenoxy) is 2. The molecule has 0 unspecified atom stereocenters. The number of para-hydroxylation sites is 1. The zero-order chi connectivity index (χ0) is 20.2. The van der Waals surface area contributed by atoms with Crippen LogP contribution in [0.2, 0.25) is 0 Å². The van der Waals surface area contributed by atoms with Crippen LogP contribution in [-0.4, -0.2) is 74.4 Å². The highest BCUT2D eigenvalue weighted by molar-refractivity contribution is 5.99. The summed E-state index contributed by atoms with van der Waals surface area (Å²) >= 11 is 0. The maximum absolute atomic E-state index is 11.8. The maximum Gasteiger partial charge on any atom is 0.414 e. The van der Waals surface area contributed by atoms with Crippen LogP contribution in [-0.2, 0) is 9.47 Å². The highest BCUT2D eigenvalue weighted by atomic mass is 16.6. The second kappa shape index (κ2) is 11.3. The Labute approximate surface area is 156 Å². The van der Waals surface area contributed by atoms with Gasteiger partial charge < -0.3 is 30.5 Å². The molecule has 6 N–H and O–H groups in total. The minimum atomic E-state index is -0.820. The van der Waals surface area contributed by atoms with E-state index in [-0.39, 0.29) is 49.6 Å². The second-order valence-electron chi connectivity index (χ2n) is 5.36. The van der Waals surface area contributed by atoms with Gasteiger partial charge in [0.2, 0.25) is 11.9 Å². The van der Waals surface area contributed by atoms with Crippen LogP contribution in [0.15, 0.2) is 29.3 Å². The number of nitrogens with one attached hydrogen (secondary N) is 3. The number of aromatic hydroxyl groups is 1. The van der Waals surface area contributed by atoms with Crippen molar-refractivity contribution in [2.45, 2.75) is 0 Å². The van der Waals surface area contributed by atoms with Crippen molar-refractivity contribution in [3.05, 3.63) is 29.8 Å². The van der Waals surface area contributed by atoms with Gasteiger partial charge in [0.15, 0.2) is 0 Å². The van der Waals surface area contributed by atoms with E-state index in [9.17, 15) is 14.7 Å². The smallest absolute Gasteiger partial charge is 0.414 e. The lowest BCUT2D eigenvalue weighted by atomic mass is 10.2. The number of aliphatic imine (C=N–C) groups is 1. The molecule has 148 valence electrons. The molecule has 27 heavy (non-hydrogen) atoms. The van der Waals surface area contributed by atoms with Gasteiger partial charge in [-0.3, -0.25) is 15.5 Å². The van der Waals surface area contributed by atoms with Crippen LogP contribution < -0.4 is 16.4 Å². The molecule has 11 nitrogen and oxygen atoms in total. The fraction of sp³-hybridized carbons (Fsp3) is 0.375. The van der Waals surface area contributed by atoms with E-state index in [1.807, 2.05) is 0 Å². The van der Waals surface area contributed by atoms with E-state index in [2.05, 4.69) is 15.6 Å². The SMILES string of the molecule is CN(C)C(=N)/N=C(\N)NC(=O)OCCOCCNC(=O)c1ccccc1O. The molecule has 0 radical (unpaired) electrons. The van der Waals surface area contributed by atoms with Crippen molar-refractivity contribution in [2.75, 3.05) is 40.5 Å². The van der Waals surface area contributed by atoms with Crippen molar-refractivity contribution >= 4 is 23.9 Å². The molecule has 0 aliphatic carbocycles. The van der Waals surface area contributed by atoms with Gasteiger partial charge in [0, 0.05) is 20.6 Å². The third kappa shape index (κ3) is 8.54. The first kappa shape index (κ1) is 21.7. The molecule has 11 heteroatoms. The molecule has 0 saturated heterocycles. The lowest BCUT2D eigenvalue weighted by Gasteiger charge is -2.10. The lowest BCUT2D eigenvalue weighted by Crippen LogP contribution is -2.39. The van der Waals surface area contributed by atoms with Crippen LogP contribution in [0.1, 0.15) is 10.4 Å². The summed E-state index contributed by atoms with van der Waals surface area (Å²) in [5, 5.41) is 21.8. The van der Waals surface area contributed by atoms with Crippen LogP contribution in [0.4, 0.5) is 4.79 Å². The number of alkyl carbamates (subject to hydrolysis) is 1. The Morgan fingerprint density at radius 3 is 2.63 bits per heavy atom. The summed E-state index contributed by atoms with van der Waals surface area (Å²) in [6.45, 7) is 0.516. The fourth-order valence-electron chi connectivity index (χ4n) is 1.68. The number of nitrogens with zero attached hydrogens (tertiary/aromatic N) is 2. The summed E-state index contributed by atoms with van der Waals surface area (Å²) in [7, 11) is 3.22. The van der Waals surface area contributed by atoms with Gasteiger partial charge in [-0.05, 0) is 12.1 Å². The van der Waals surface area contributed by atoms with E-state index >= 15 is 0 Å². The van der Waals surface area contributed by atoms with Crippen molar-refractivity contribution in [2.24, 2.45) is 10.7 Å².